The van der Waals surface area contributed by atoms with Crippen LogP contribution in [-0.4, -0.2) is 52.4 Å². The molecule has 2 aromatic heterocycles. The van der Waals surface area contributed by atoms with E-state index in [9.17, 15) is 14.7 Å². The Labute approximate surface area is 265 Å². The molecule has 0 radical (unpaired) electrons. The topological polar surface area (TPSA) is 161 Å². The van der Waals surface area contributed by atoms with E-state index in [1.54, 1.807) is 21.0 Å². The first kappa shape index (κ1) is 30.0. The molecular formula is C34H37N5O7. The average Bonchev–Trinajstić information content (AvgIpc) is 3.79. The summed E-state index contributed by atoms with van der Waals surface area (Å²) in [5.41, 5.74) is 3.37. The highest BCUT2D eigenvalue weighted by atomic mass is 16.5. The highest BCUT2D eigenvalue weighted by Crippen LogP contribution is 2.59. The predicted molar refractivity (Wildman–Crippen MR) is 166 cm³/mol. The minimum atomic E-state index is -1.27. The van der Waals surface area contributed by atoms with E-state index in [0.717, 1.165) is 22.4 Å². The van der Waals surface area contributed by atoms with Crippen LogP contribution < -0.4 is 20.7 Å². The molecule has 240 valence electrons. The summed E-state index contributed by atoms with van der Waals surface area (Å²) in [6, 6.07) is 12.0. The van der Waals surface area contributed by atoms with E-state index in [-0.39, 0.29) is 36.6 Å². The summed E-state index contributed by atoms with van der Waals surface area (Å²) in [6.07, 6.45) is -0.154. The standard InChI is InChI=1S/C34H37N5O7/c1-16(2)25-32-39-26(31-35-19(14-43-5)15-44-31)28(46-32)34-20-8-6-7-9-22(20)37-33(34)45-24-11-10-18(12-21(24)34)13-23(29(41)38-25)36-30(42)27(40)17(3)4/h6-12,15-17,23,25,27,33,37,40H,13-14H2,1-5H3,(H,36,42)(H,38,41)/t23-,25-,27-,33?,34?/m0/s1. The lowest BCUT2D eigenvalue weighted by Crippen LogP contribution is -2.52. The smallest absolute Gasteiger partial charge is 0.249 e. The van der Waals surface area contributed by atoms with E-state index in [1.165, 1.54) is 6.26 Å². The number of carbonyl (C=O) groups excluding carboxylic acids is 2. The molecule has 5 atom stereocenters. The lowest BCUT2D eigenvalue weighted by atomic mass is 9.72. The van der Waals surface area contributed by atoms with Gasteiger partial charge < -0.3 is 39.4 Å². The van der Waals surface area contributed by atoms with E-state index < -0.39 is 41.6 Å². The van der Waals surface area contributed by atoms with Gasteiger partial charge in [-0.1, -0.05) is 58.0 Å². The minimum Gasteiger partial charge on any atom is -0.469 e. The number of carbonyl (C=O) groups is 2. The van der Waals surface area contributed by atoms with Gasteiger partial charge in [-0.25, -0.2) is 9.97 Å². The summed E-state index contributed by atoms with van der Waals surface area (Å²) in [6.45, 7) is 7.64. The van der Waals surface area contributed by atoms with Crippen molar-refractivity contribution in [3.63, 3.8) is 0 Å². The second-order valence-corrected chi connectivity index (χ2v) is 12.8. The Hall–Kier alpha value is -4.68. The number of anilines is 1. The Balaban J connectivity index is 1.47. The molecule has 0 saturated carbocycles. The zero-order valence-electron chi connectivity index (χ0n) is 26.3. The third kappa shape index (κ3) is 4.66. The van der Waals surface area contributed by atoms with Gasteiger partial charge in [-0.2, -0.15) is 0 Å². The summed E-state index contributed by atoms with van der Waals surface area (Å²) < 4.78 is 24.6. The maximum Gasteiger partial charge on any atom is 0.249 e. The number of aliphatic hydroxyl groups excluding tert-OH is 1. The molecule has 12 nitrogen and oxygen atoms in total. The van der Waals surface area contributed by atoms with E-state index >= 15 is 0 Å². The monoisotopic (exact) mass is 627 g/mol. The number of fused-ring (bicyclic) bond motifs is 4. The Morgan fingerprint density at radius 1 is 1.13 bits per heavy atom. The van der Waals surface area contributed by atoms with Crippen LogP contribution in [0.2, 0.25) is 0 Å². The van der Waals surface area contributed by atoms with Crippen molar-refractivity contribution in [3.05, 3.63) is 82.8 Å². The van der Waals surface area contributed by atoms with Crippen molar-refractivity contribution in [3.8, 4) is 17.3 Å². The summed E-state index contributed by atoms with van der Waals surface area (Å²) in [7, 11) is 1.58. The molecule has 3 aliphatic heterocycles. The molecule has 1 spiro atoms. The molecule has 0 saturated heterocycles. The number of aliphatic hydroxyl groups is 1. The van der Waals surface area contributed by atoms with Crippen molar-refractivity contribution >= 4 is 17.5 Å². The molecule has 5 heterocycles. The fourth-order valence-electron chi connectivity index (χ4n) is 6.64. The number of amides is 2. The lowest BCUT2D eigenvalue weighted by molar-refractivity contribution is -0.135. The van der Waals surface area contributed by atoms with Crippen LogP contribution >= 0.6 is 0 Å². The van der Waals surface area contributed by atoms with Gasteiger partial charge >= 0.3 is 0 Å². The molecule has 4 bridgehead atoms. The highest BCUT2D eigenvalue weighted by molar-refractivity contribution is 5.90. The molecule has 2 unspecified atom stereocenters. The normalized spacial score (nSPS) is 23.5. The molecule has 0 aliphatic carbocycles. The molecule has 7 rings (SSSR count). The van der Waals surface area contributed by atoms with Crippen molar-refractivity contribution in [2.45, 2.75) is 70.6 Å². The number of nitrogens with zero attached hydrogens (tertiary/aromatic N) is 2. The Bertz CT molecular complexity index is 1810. The molecule has 4 aromatic rings. The fraction of sp³-hybridized carbons (Fsp3) is 0.412. The Morgan fingerprint density at radius 2 is 1.93 bits per heavy atom. The van der Waals surface area contributed by atoms with Gasteiger partial charge in [-0.3, -0.25) is 9.59 Å². The largest absolute Gasteiger partial charge is 0.469 e. The van der Waals surface area contributed by atoms with Crippen LogP contribution in [0.1, 0.15) is 67.8 Å². The van der Waals surface area contributed by atoms with Gasteiger partial charge in [0.25, 0.3) is 0 Å². The second-order valence-electron chi connectivity index (χ2n) is 12.8. The highest BCUT2D eigenvalue weighted by Gasteiger charge is 2.61. The second kappa shape index (κ2) is 11.3. The van der Waals surface area contributed by atoms with E-state index in [4.69, 9.17) is 23.3 Å². The van der Waals surface area contributed by atoms with E-state index in [2.05, 4.69) is 20.9 Å². The number of benzene rings is 2. The Kier molecular flexibility index (Phi) is 7.36. The number of hydrogen-bond donors (Lipinski definition) is 4. The first-order valence-electron chi connectivity index (χ1n) is 15.5. The summed E-state index contributed by atoms with van der Waals surface area (Å²) in [5, 5.41) is 19.9. The zero-order chi connectivity index (χ0) is 32.3. The van der Waals surface area contributed by atoms with Gasteiger partial charge in [0.15, 0.2) is 17.7 Å². The van der Waals surface area contributed by atoms with Crippen LogP contribution in [0.4, 0.5) is 5.69 Å². The number of nitrogens with one attached hydrogen (secondary N) is 3. The first-order chi connectivity index (χ1) is 22.1. The summed E-state index contributed by atoms with van der Waals surface area (Å²) in [5.74, 6) is 0.0843. The van der Waals surface area contributed by atoms with Crippen molar-refractivity contribution in [2.24, 2.45) is 11.8 Å². The van der Waals surface area contributed by atoms with Crippen LogP contribution in [-0.2, 0) is 32.8 Å². The fourth-order valence-corrected chi connectivity index (χ4v) is 6.64. The third-order valence-electron chi connectivity index (χ3n) is 9.00. The molecule has 3 aliphatic rings. The average molecular weight is 628 g/mol. The van der Waals surface area contributed by atoms with Gasteiger partial charge in [-0.05, 0) is 35.1 Å². The molecule has 4 N–H and O–H groups in total. The van der Waals surface area contributed by atoms with E-state index in [0.29, 0.717) is 22.9 Å². The van der Waals surface area contributed by atoms with E-state index in [1.807, 2.05) is 56.3 Å². The van der Waals surface area contributed by atoms with Gasteiger partial charge in [0, 0.05) is 24.8 Å². The van der Waals surface area contributed by atoms with Gasteiger partial charge in [0.1, 0.15) is 41.3 Å². The van der Waals surface area contributed by atoms with Gasteiger partial charge in [0.05, 0.1) is 6.61 Å². The number of para-hydroxylation sites is 1. The molecule has 0 fully saturated rings. The minimum absolute atomic E-state index is 0.159. The molecular weight excluding hydrogens is 590 g/mol. The molecule has 12 heteroatoms. The zero-order valence-corrected chi connectivity index (χ0v) is 26.3. The number of hydrogen-bond acceptors (Lipinski definition) is 10. The number of rotatable bonds is 7. The predicted octanol–water partition coefficient (Wildman–Crippen LogP) is 3.83. The van der Waals surface area contributed by atoms with Gasteiger partial charge in [-0.15, -0.1) is 0 Å². The summed E-state index contributed by atoms with van der Waals surface area (Å²) in [4.78, 5) is 36.6. The molecule has 2 amide bonds. The van der Waals surface area contributed by atoms with Gasteiger partial charge in [0.2, 0.25) is 23.6 Å². The molecule has 46 heavy (non-hydrogen) atoms. The van der Waals surface area contributed by atoms with Crippen LogP contribution in [0.5, 0.6) is 5.75 Å². The summed E-state index contributed by atoms with van der Waals surface area (Å²) >= 11 is 0. The maximum atomic E-state index is 13.9. The lowest BCUT2D eigenvalue weighted by Gasteiger charge is -2.29. The van der Waals surface area contributed by atoms with Crippen LogP contribution in [0.3, 0.4) is 0 Å². The van der Waals surface area contributed by atoms with Crippen molar-refractivity contribution in [2.75, 3.05) is 12.4 Å². The van der Waals surface area contributed by atoms with Crippen molar-refractivity contribution < 1.29 is 33.0 Å². The first-order valence-corrected chi connectivity index (χ1v) is 15.5. The number of ether oxygens (including phenoxy) is 2. The number of aromatic nitrogens is 2. The van der Waals surface area contributed by atoms with Crippen molar-refractivity contribution in [1.29, 1.82) is 0 Å². The van der Waals surface area contributed by atoms with Crippen LogP contribution in [0, 0.1) is 11.8 Å². The number of oxazole rings is 2. The third-order valence-corrected chi connectivity index (χ3v) is 9.00. The molecule has 2 aromatic carbocycles. The SMILES string of the molecule is COCc1coc(-c2nc3oc2C24c5ccccc5NC2Oc2ccc(cc24)C[C@H](NC(=O)[C@@H](O)C(C)C)C(=O)N[C@H]3C(C)C)n1. The maximum absolute atomic E-state index is 13.9. The Morgan fingerprint density at radius 3 is 2.70 bits per heavy atom. The quantitative estimate of drug-likeness (QED) is 0.237. The number of methoxy groups -OCH3 is 1. The van der Waals surface area contributed by atoms with Crippen LogP contribution in [0.25, 0.3) is 11.6 Å². The van der Waals surface area contributed by atoms with Crippen LogP contribution in [0.15, 0.2) is 57.6 Å². The van der Waals surface area contributed by atoms with Crippen molar-refractivity contribution in [1.82, 2.24) is 20.6 Å².